The van der Waals surface area contributed by atoms with E-state index in [0.717, 1.165) is 26.1 Å². The second kappa shape index (κ2) is 10.7. The molecule has 164 valence electrons. The summed E-state index contributed by atoms with van der Waals surface area (Å²) < 4.78 is 2.27. The molecule has 1 unspecified atom stereocenters. The molecule has 1 atom stereocenters. The van der Waals surface area contributed by atoms with Crippen molar-refractivity contribution >= 4 is 18.9 Å². The lowest BCUT2D eigenvalue weighted by molar-refractivity contribution is -0.123. The van der Waals surface area contributed by atoms with Crippen molar-refractivity contribution in [1.82, 2.24) is 24.4 Å². The molecular formula is C20H30N6O4. The van der Waals surface area contributed by atoms with Crippen LogP contribution in [-0.2, 0) is 28.0 Å². The van der Waals surface area contributed by atoms with Crippen molar-refractivity contribution in [2.24, 2.45) is 0 Å². The Morgan fingerprint density at radius 1 is 1.23 bits per heavy atom. The molecule has 0 aromatic carbocycles. The van der Waals surface area contributed by atoms with Crippen LogP contribution < -0.4 is 5.73 Å². The van der Waals surface area contributed by atoms with Gasteiger partial charge in [-0.05, 0) is 51.6 Å². The number of likely N-dealkylation sites (tertiary alicyclic amines) is 1. The van der Waals surface area contributed by atoms with Gasteiger partial charge in [-0.25, -0.2) is 15.0 Å². The summed E-state index contributed by atoms with van der Waals surface area (Å²) in [5.41, 5.74) is 9.82. The summed E-state index contributed by atoms with van der Waals surface area (Å²) in [5.74, 6) is 0.407. The number of aromatic nitrogens is 4. The molecule has 1 saturated heterocycles. The van der Waals surface area contributed by atoms with Crippen LogP contribution in [0.2, 0.25) is 0 Å². The van der Waals surface area contributed by atoms with Crippen LogP contribution in [0, 0.1) is 0 Å². The minimum Gasteiger partial charge on any atom is -0.483 e. The van der Waals surface area contributed by atoms with Gasteiger partial charge in [-0.15, -0.1) is 0 Å². The van der Waals surface area contributed by atoms with E-state index in [-0.39, 0.29) is 18.4 Å². The van der Waals surface area contributed by atoms with Crippen LogP contribution in [0.4, 0.5) is 5.95 Å². The Kier molecular flexibility index (Phi) is 8.28. The van der Waals surface area contributed by atoms with Gasteiger partial charge in [-0.3, -0.25) is 14.5 Å². The fraction of sp³-hybridized carbons (Fsp3) is 0.550. The number of nitrogens with zero attached hydrogens (tertiary/aromatic N) is 5. The summed E-state index contributed by atoms with van der Waals surface area (Å²) in [6.07, 6.45) is 10.5. The maximum Gasteiger partial charge on any atom is 0.290 e. The molecule has 1 spiro atoms. The molecule has 2 aromatic heterocycles. The van der Waals surface area contributed by atoms with Gasteiger partial charge in [-0.1, -0.05) is 0 Å². The van der Waals surface area contributed by atoms with Gasteiger partial charge < -0.3 is 20.5 Å². The summed E-state index contributed by atoms with van der Waals surface area (Å²) in [6, 6.07) is 0.445. The SMILES string of the molecule is CC(C)n1cncc1CN1CCCC2(CCc3cnc(N)nc32)C1.O=CO.O=CO. The number of hydrogen-bond donors (Lipinski definition) is 3. The Balaban J connectivity index is 0.000000480. The minimum atomic E-state index is -0.250. The fourth-order valence-electron chi connectivity index (χ4n) is 4.46. The summed E-state index contributed by atoms with van der Waals surface area (Å²) >= 11 is 0. The van der Waals surface area contributed by atoms with Gasteiger partial charge in [0.05, 0.1) is 17.7 Å². The topological polar surface area (TPSA) is 147 Å². The number of imidazole rings is 1. The van der Waals surface area contributed by atoms with Gasteiger partial charge in [0.1, 0.15) is 0 Å². The summed E-state index contributed by atoms with van der Waals surface area (Å²) in [5, 5.41) is 13.8. The van der Waals surface area contributed by atoms with E-state index in [4.69, 9.17) is 25.5 Å². The number of hydrogen-bond acceptors (Lipinski definition) is 7. The van der Waals surface area contributed by atoms with Crippen molar-refractivity contribution in [2.45, 2.75) is 57.5 Å². The lowest BCUT2D eigenvalue weighted by atomic mass is 9.77. The predicted molar refractivity (Wildman–Crippen MR) is 111 cm³/mol. The number of aryl methyl sites for hydroxylation is 1. The molecule has 0 radical (unpaired) electrons. The van der Waals surface area contributed by atoms with Crippen LogP contribution >= 0.6 is 0 Å². The van der Waals surface area contributed by atoms with Gasteiger partial charge in [0.15, 0.2) is 0 Å². The van der Waals surface area contributed by atoms with Crippen molar-refractivity contribution in [2.75, 3.05) is 18.8 Å². The van der Waals surface area contributed by atoms with Gasteiger partial charge >= 0.3 is 0 Å². The molecule has 1 fully saturated rings. The van der Waals surface area contributed by atoms with Gasteiger partial charge in [0.2, 0.25) is 5.95 Å². The van der Waals surface area contributed by atoms with Crippen LogP contribution in [0.1, 0.15) is 56.1 Å². The first-order valence-corrected chi connectivity index (χ1v) is 9.91. The number of rotatable bonds is 3. The highest BCUT2D eigenvalue weighted by Crippen LogP contribution is 2.44. The molecule has 4 rings (SSSR count). The van der Waals surface area contributed by atoms with Crippen LogP contribution in [0.15, 0.2) is 18.7 Å². The Morgan fingerprint density at radius 2 is 1.93 bits per heavy atom. The number of fused-ring (bicyclic) bond motifs is 2. The Hall–Kier alpha value is -3.01. The standard InChI is InChI=1S/C18H26N6.2CH2O2/c1-13(2)24-12-20-9-15(24)10-23-7-3-5-18(11-23)6-4-14-8-21-17(19)22-16(14)18;2*2-1-3/h8-9,12-13H,3-7,10-11H2,1-2H3,(H2,19,21,22);2*1H,(H,2,3). The molecular weight excluding hydrogens is 388 g/mol. The van der Waals surface area contributed by atoms with Gasteiger partial charge in [0.25, 0.3) is 12.9 Å². The van der Waals surface area contributed by atoms with Crippen molar-refractivity contribution in [3.8, 4) is 0 Å². The summed E-state index contributed by atoms with van der Waals surface area (Å²) in [4.78, 5) is 32.4. The second-order valence-electron chi connectivity index (χ2n) is 7.79. The molecule has 0 amide bonds. The van der Waals surface area contributed by atoms with Crippen molar-refractivity contribution in [3.05, 3.63) is 35.7 Å². The maximum absolute atomic E-state index is 8.36. The quantitative estimate of drug-likeness (QED) is 0.634. The molecule has 10 heteroatoms. The zero-order valence-electron chi connectivity index (χ0n) is 17.4. The third-order valence-electron chi connectivity index (χ3n) is 5.60. The highest BCUT2D eigenvalue weighted by Gasteiger charge is 2.43. The first-order valence-electron chi connectivity index (χ1n) is 9.91. The molecule has 2 aromatic rings. The molecule has 0 saturated carbocycles. The zero-order valence-corrected chi connectivity index (χ0v) is 17.4. The van der Waals surface area contributed by atoms with E-state index in [1.807, 2.05) is 18.7 Å². The molecule has 0 bridgehead atoms. The van der Waals surface area contributed by atoms with Crippen molar-refractivity contribution in [1.29, 1.82) is 0 Å². The average molecular weight is 418 g/mol. The normalized spacial score (nSPS) is 20.0. The first-order chi connectivity index (χ1) is 14.4. The van der Waals surface area contributed by atoms with Crippen molar-refractivity contribution in [3.63, 3.8) is 0 Å². The maximum atomic E-state index is 8.36. The van der Waals surface area contributed by atoms with Crippen LogP contribution in [0.5, 0.6) is 0 Å². The lowest BCUT2D eigenvalue weighted by Gasteiger charge is -2.40. The Bertz CT molecular complexity index is 830. The zero-order chi connectivity index (χ0) is 22.1. The van der Waals surface area contributed by atoms with E-state index in [9.17, 15) is 0 Å². The van der Waals surface area contributed by atoms with Crippen molar-refractivity contribution < 1.29 is 19.8 Å². The van der Waals surface area contributed by atoms with E-state index in [1.165, 1.54) is 36.2 Å². The Morgan fingerprint density at radius 3 is 2.60 bits per heavy atom. The largest absolute Gasteiger partial charge is 0.483 e. The summed E-state index contributed by atoms with van der Waals surface area (Å²) in [6.45, 7) is 7.06. The summed E-state index contributed by atoms with van der Waals surface area (Å²) in [7, 11) is 0. The third-order valence-corrected chi connectivity index (χ3v) is 5.60. The van der Waals surface area contributed by atoms with E-state index in [1.54, 1.807) is 0 Å². The second-order valence-corrected chi connectivity index (χ2v) is 7.79. The highest BCUT2D eigenvalue weighted by molar-refractivity contribution is 5.37. The molecule has 1 aliphatic heterocycles. The van der Waals surface area contributed by atoms with E-state index < -0.39 is 0 Å². The van der Waals surface area contributed by atoms with E-state index >= 15 is 0 Å². The van der Waals surface area contributed by atoms with Gasteiger partial charge in [0, 0.05) is 36.9 Å². The number of carbonyl (C=O) groups is 2. The van der Waals surface area contributed by atoms with E-state index in [0.29, 0.717) is 12.0 Å². The number of piperidine rings is 1. The monoisotopic (exact) mass is 418 g/mol. The predicted octanol–water partition coefficient (Wildman–Crippen LogP) is 1.72. The molecule has 30 heavy (non-hydrogen) atoms. The lowest BCUT2D eigenvalue weighted by Crippen LogP contribution is -2.45. The highest BCUT2D eigenvalue weighted by atomic mass is 16.3. The number of anilines is 1. The smallest absolute Gasteiger partial charge is 0.290 e. The van der Waals surface area contributed by atoms with Gasteiger partial charge in [-0.2, -0.15) is 0 Å². The van der Waals surface area contributed by atoms with Crippen LogP contribution in [-0.4, -0.2) is 60.7 Å². The third kappa shape index (κ3) is 5.32. The molecule has 3 heterocycles. The fourth-order valence-corrected chi connectivity index (χ4v) is 4.46. The molecule has 10 nitrogen and oxygen atoms in total. The molecule has 2 aliphatic rings. The Labute approximate surface area is 175 Å². The number of carboxylic acid groups (broad SMARTS) is 2. The number of nitrogens with two attached hydrogens (primary N) is 1. The van der Waals surface area contributed by atoms with E-state index in [2.05, 4.69) is 38.3 Å². The first kappa shape index (κ1) is 23.3. The minimum absolute atomic E-state index is 0.160. The average Bonchev–Trinajstić information content (AvgIpc) is 3.29. The van der Waals surface area contributed by atoms with Crippen LogP contribution in [0.25, 0.3) is 0 Å². The molecule has 4 N–H and O–H groups in total. The van der Waals surface area contributed by atoms with Crippen LogP contribution in [0.3, 0.4) is 0 Å². The molecule has 1 aliphatic carbocycles. The number of nitrogen functional groups attached to an aromatic ring is 1.